The van der Waals surface area contributed by atoms with Gasteiger partial charge >= 0.3 is 0 Å². The maximum Gasteiger partial charge on any atom is 0.245 e. The van der Waals surface area contributed by atoms with Gasteiger partial charge in [-0.2, -0.15) is 4.31 Å². The smallest absolute Gasteiger partial charge is 0.245 e. The van der Waals surface area contributed by atoms with Crippen molar-refractivity contribution in [2.75, 3.05) is 19.4 Å². The van der Waals surface area contributed by atoms with E-state index in [1.807, 2.05) is 12.1 Å². The predicted octanol–water partition coefficient (Wildman–Crippen LogP) is 3.20. The van der Waals surface area contributed by atoms with Gasteiger partial charge in [0, 0.05) is 25.7 Å². The molecular weight excluding hydrogens is 308 g/mol. The lowest BCUT2D eigenvalue weighted by Crippen LogP contribution is -2.27. The number of nitrogens with zero attached hydrogens (tertiary/aromatic N) is 1. The first kappa shape index (κ1) is 15.8. The predicted molar refractivity (Wildman–Crippen MR) is 86.1 cm³/mol. The number of sulfonamides is 1. The maximum absolute atomic E-state index is 12.6. The van der Waals surface area contributed by atoms with Crippen LogP contribution in [0.2, 0.25) is 5.02 Å². The summed E-state index contributed by atoms with van der Waals surface area (Å²) < 4.78 is 26.6. The van der Waals surface area contributed by atoms with Gasteiger partial charge in [0.05, 0.1) is 5.69 Å². The number of hydrogen-bond donors (Lipinski definition) is 1. The summed E-state index contributed by atoms with van der Waals surface area (Å²) in [6.07, 6.45) is 0. The second-order valence-electron chi connectivity index (χ2n) is 4.63. The molecule has 112 valence electrons. The van der Waals surface area contributed by atoms with Gasteiger partial charge in [0.2, 0.25) is 10.0 Å². The molecule has 0 unspecified atom stereocenters. The van der Waals surface area contributed by atoms with Crippen molar-refractivity contribution in [1.82, 2.24) is 4.31 Å². The Labute approximate surface area is 130 Å². The molecule has 21 heavy (non-hydrogen) atoms. The molecule has 2 rings (SSSR count). The molecular formula is C15H17ClN2O2S. The molecule has 2 aromatic carbocycles. The summed E-state index contributed by atoms with van der Waals surface area (Å²) in [5.41, 5.74) is 1.47. The highest BCUT2D eigenvalue weighted by molar-refractivity contribution is 7.89. The maximum atomic E-state index is 12.6. The molecule has 0 heterocycles. The van der Waals surface area contributed by atoms with E-state index < -0.39 is 10.0 Å². The van der Waals surface area contributed by atoms with Crippen LogP contribution in [0.5, 0.6) is 0 Å². The number of anilines is 1. The Hall–Kier alpha value is -1.56. The van der Waals surface area contributed by atoms with Crippen molar-refractivity contribution in [3.63, 3.8) is 0 Å². The third kappa shape index (κ3) is 3.56. The largest absolute Gasteiger partial charge is 0.387 e. The van der Waals surface area contributed by atoms with Gasteiger partial charge in [-0.3, -0.25) is 0 Å². The Morgan fingerprint density at radius 3 is 2.33 bits per heavy atom. The fraction of sp³-hybridized carbons (Fsp3) is 0.200. The van der Waals surface area contributed by atoms with Gasteiger partial charge in [0.15, 0.2) is 0 Å². The van der Waals surface area contributed by atoms with Crippen molar-refractivity contribution < 1.29 is 8.42 Å². The summed E-state index contributed by atoms with van der Waals surface area (Å²) in [6, 6.07) is 14.0. The van der Waals surface area contributed by atoms with Crippen LogP contribution in [-0.2, 0) is 16.6 Å². The summed E-state index contributed by atoms with van der Waals surface area (Å²) in [7, 11) is -0.284. The summed E-state index contributed by atoms with van der Waals surface area (Å²) in [5.74, 6) is 0. The van der Waals surface area contributed by atoms with Gasteiger partial charge in [0.25, 0.3) is 0 Å². The first-order valence-corrected chi connectivity index (χ1v) is 8.24. The van der Waals surface area contributed by atoms with Crippen LogP contribution in [0.15, 0.2) is 53.4 Å². The number of hydrogen-bond acceptors (Lipinski definition) is 3. The molecule has 0 aromatic heterocycles. The van der Waals surface area contributed by atoms with E-state index >= 15 is 0 Å². The molecule has 0 amide bonds. The molecule has 0 radical (unpaired) electrons. The third-order valence-corrected chi connectivity index (χ3v) is 5.28. The number of nitrogens with one attached hydrogen (secondary N) is 1. The fourth-order valence-corrected chi connectivity index (χ4v) is 3.48. The first-order valence-electron chi connectivity index (χ1n) is 6.42. The highest BCUT2D eigenvalue weighted by Crippen LogP contribution is 2.24. The van der Waals surface area contributed by atoms with Crippen molar-refractivity contribution >= 4 is 27.3 Å². The second-order valence-corrected chi connectivity index (χ2v) is 7.08. The first-order chi connectivity index (χ1) is 9.95. The molecule has 0 fully saturated rings. The zero-order valence-electron chi connectivity index (χ0n) is 11.9. The van der Waals surface area contributed by atoms with Crippen LogP contribution in [0.25, 0.3) is 0 Å². The van der Waals surface area contributed by atoms with Crippen LogP contribution in [0.1, 0.15) is 5.56 Å². The number of rotatable bonds is 5. The lowest BCUT2D eigenvalue weighted by molar-refractivity contribution is 0.467. The molecule has 0 saturated carbocycles. The molecule has 1 N–H and O–H groups in total. The van der Waals surface area contributed by atoms with E-state index in [1.54, 1.807) is 50.5 Å². The van der Waals surface area contributed by atoms with Crippen molar-refractivity contribution in [1.29, 1.82) is 0 Å². The summed E-state index contributed by atoms with van der Waals surface area (Å²) in [4.78, 5) is 0.268. The average molecular weight is 325 g/mol. The normalized spacial score (nSPS) is 11.6. The van der Waals surface area contributed by atoms with Crippen molar-refractivity contribution in [3.05, 3.63) is 59.1 Å². The van der Waals surface area contributed by atoms with Gasteiger partial charge in [-0.05, 0) is 29.8 Å². The number of benzene rings is 2. The van der Waals surface area contributed by atoms with Gasteiger partial charge in [0.1, 0.15) is 4.90 Å². The van der Waals surface area contributed by atoms with Crippen LogP contribution in [0, 0.1) is 0 Å². The van der Waals surface area contributed by atoms with E-state index in [0.717, 1.165) is 5.56 Å². The van der Waals surface area contributed by atoms with Crippen LogP contribution in [0.3, 0.4) is 0 Å². The van der Waals surface area contributed by atoms with Crippen molar-refractivity contribution in [3.8, 4) is 0 Å². The highest BCUT2D eigenvalue weighted by Gasteiger charge is 2.23. The van der Waals surface area contributed by atoms with E-state index in [0.29, 0.717) is 10.7 Å². The van der Waals surface area contributed by atoms with E-state index in [-0.39, 0.29) is 11.4 Å². The van der Waals surface area contributed by atoms with Gasteiger partial charge in [-0.15, -0.1) is 0 Å². The standard InChI is InChI=1S/C15H17ClN2O2S/c1-17-14-5-3-4-6-15(14)21(19,20)18(2)11-12-7-9-13(16)10-8-12/h3-10,17H,11H2,1-2H3. The molecule has 0 atom stereocenters. The minimum Gasteiger partial charge on any atom is -0.387 e. The zero-order chi connectivity index (χ0) is 15.5. The lowest BCUT2D eigenvalue weighted by Gasteiger charge is -2.19. The SMILES string of the molecule is CNc1ccccc1S(=O)(=O)N(C)Cc1ccc(Cl)cc1. The van der Waals surface area contributed by atoms with Gasteiger partial charge in [-0.1, -0.05) is 35.9 Å². The number of para-hydroxylation sites is 1. The molecule has 0 saturated heterocycles. The van der Waals surface area contributed by atoms with E-state index in [1.165, 1.54) is 4.31 Å². The monoisotopic (exact) mass is 324 g/mol. The summed E-state index contributed by atoms with van der Waals surface area (Å²) in [6.45, 7) is 0.289. The second kappa shape index (κ2) is 6.47. The topological polar surface area (TPSA) is 49.4 Å². The summed E-state index contributed by atoms with van der Waals surface area (Å²) in [5, 5.41) is 3.53. The third-order valence-electron chi connectivity index (χ3n) is 3.16. The summed E-state index contributed by atoms with van der Waals surface area (Å²) >= 11 is 5.83. The van der Waals surface area contributed by atoms with Gasteiger partial charge in [-0.25, -0.2) is 8.42 Å². The Kier molecular flexibility index (Phi) is 4.88. The highest BCUT2D eigenvalue weighted by atomic mass is 35.5. The number of halogens is 1. The van der Waals surface area contributed by atoms with Crippen LogP contribution < -0.4 is 5.32 Å². The van der Waals surface area contributed by atoms with Gasteiger partial charge < -0.3 is 5.32 Å². The van der Waals surface area contributed by atoms with Crippen LogP contribution in [0.4, 0.5) is 5.69 Å². The molecule has 0 spiro atoms. The van der Waals surface area contributed by atoms with Crippen molar-refractivity contribution in [2.45, 2.75) is 11.4 Å². The quantitative estimate of drug-likeness (QED) is 0.918. The minimum atomic E-state index is -3.55. The minimum absolute atomic E-state index is 0.268. The Morgan fingerprint density at radius 2 is 1.71 bits per heavy atom. The molecule has 6 heteroatoms. The average Bonchev–Trinajstić information content (AvgIpc) is 2.49. The Balaban J connectivity index is 2.28. The van der Waals surface area contributed by atoms with Crippen LogP contribution in [-0.4, -0.2) is 26.8 Å². The molecule has 0 aliphatic rings. The molecule has 0 bridgehead atoms. The molecule has 2 aromatic rings. The Bertz CT molecular complexity index is 715. The lowest BCUT2D eigenvalue weighted by atomic mass is 10.2. The molecule has 0 aliphatic heterocycles. The molecule has 0 aliphatic carbocycles. The molecule has 4 nitrogen and oxygen atoms in total. The van der Waals surface area contributed by atoms with E-state index in [2.05, 4.69) is 5.32 Å². The fourth-order valence-electron chi connectivity index (χ4n) is 2.00. The van der Waals surface area contributed by atoms with E-state index in [4.69, 9.17) is 11.6 Å². The Morgan fingerprint density at radius 1 is 1.10 bits per heavy atom. The van der Waals surface area contributed by atoms with E-state index in [9.17, 15) is 8.42 Å². The zero-order valence-corrected chi connectivity index (χ0v) is 13.4. The van der Waals surface area contributed by atoms with Crippen molar-refractivity contribution in [2.24, 2.45) is 0 Å². The van der Waals surface area contributed by atoms with Crippen LogP contribution >= 0.6 is 11.6 Å².